The van der Waals surface area contributed by atoms with Crippen molar-refractivity contribution in [3.63, 3.8) is 0 Å². The molecular formula is C25H27FN6O3S. The third kappa shape index (κ3) is 5.11. The summed E-state index contributed by atoms with van der Waals surface area (Å²) in [5, 5.41) is 14.8. The summed E-state index contributed by atoms with van der Waals surface area (Å²) < 4.78 is 17.1. The molecule has 2 N–H and O–H groups in total. The van der Waals surface area contributed by atoms with Gasteiger partial charge in [0.15, 0.2) is 5.16 Å². The van der Waals surface area contributed by atoms with Crippen LogP contribution in [0, 0.1) is 12.7 Å². The average Bonchev–Trinajstić information content (AvgIpc) is 3.26. The lowest BCUT2D eigenvalue weighted by atomic mass is 10.1. The van der Waals surface area contributed by atoms with E-state index in [9.17, 15) is 18.8 Å². The summed E-state index contributed by atoms with van der Waals surface area (Å²) in [6.07, 6.45) is 0.709. The number of halogens is 1. The number of anilines is 1. The van der Waals surface area contributed by atoms with Gasteiger partial charge in [-0.3, -0.25) is 23.4 Å². The quantitative estimate of drug-likeness (QED) is 0.349. The minimum absolute atomic E-state index is 0.0157. The molecule has 4 aromatic rings. The van der Waals surface area contributed by atoms with Crippen LogP contribution in [0.3, 0.4) is 0 Å². The molecule has 2 aromatic carbocycles. The SMILES string of the molecule is CCCn1c(=O)c2ccc(C(=O)NC(C)C)cc2n2c(SCC(=O)Nc3ccc(C)c(F)c3)nnc12. The van der Waals surface area contributed by atoms with Crippen molar-refractivity contribution >= 4 is 45.9 Å². The summed E-state index contributed by atoms with van der Waals surface area (Å²) in [4.78, 5) is 38.4. The van der Waals surface area contributed by atoms with Crippen molar-refractivity contribution in [3.8, 4) is 0 Å². The van der Waals surface area contributed by atoms with Crippen LogP contribution in [-0.4, -0.2) is 42.8 Å². The summed E-state index contributed by atoms with van der Waals surface area (Å²) in [6.45, 7) is 7.77. The van der Waals surface area contributed by atoms with Crippen LogP contribution in [0.1, 0.15) is 43.1 Å². The van der Waals surface area contributed by atoms with E-state index in [0.29, 0.717) is 51.6 Å². The molecule has 0 spiro atoms. The molecule has 0 atom stereocenters. The van der Waals surface area contributed by atoms with E-state index in [1.807, 2.05) is 20.8 Å². The van der Waals surface area contributed by atoms with E-state index in [4.69, 9.17) is 0 Å². The molecule has 4 rings (SSSR count). The van der Waals surface area contributed by atoms with Gasteiger partial charge in [0.2, 0.25) is 11.7 Å². The predicted molar refractivity (Wildman–Crippen MR) is 138 cm³/mol. The molecule has 36 heavy (non-hydrogen) atoms. The fraction of sp³-hybridized carbons (Fsp3) is 0.320. The van der Waals surface area contributed by atoms with Gasteiger partial charge in [-0.25, -0.2) is 4.39 Å². The topological polar surface area (TPSA) is 110 Å². The Morgan fingerprint density at radius 2 is 1.92 bits per heavy atom. The number of rotatable bonds is 8. The van der Waals surface area contributed by atoms with Gasteiger partial charge in [0.1, 0.15) is 5.82 Å². The highest BCUT2D eigenvalue weighted by Crippen LogP contribution is 2.23. The minimum Gasteiger partial charge on any atom is -0.350 e. The van der Waals surface area contributed by atoms with Crippen LogP contribution in [-0.2, 0) is 11.3 Å². The first-order chi connectivity index (χ1) is 17.2. The second kappa shape index (κ2) is 10.5. The van der Waals surface area contributed by atoms with Crippen molar-refractivity contribution in [1.29, 1.82) is 0 Å². The molecule has 0 aliphatic carbocycles. The molecule has 0 unspecified atom stereocenters. The molecule has 2 heterocycles. The number of amides is 2. The van der Waals surface area contributed by atoms with E-state index >= 15 is 0 Å². The maximum atomic E-state index is 13.8. The first-order valence-corrected chi connectivity index (χ1v) is 12.6. The molecule has 9 nitrogen and oxygen atoms in total. The van der Waals surface area contributed by atoms with Gasteiger partial charge in [0.05, 0.1) is 16.7 Å². The Kier molecular flexibility index (Phi) is 7.39. The lowest BCUT2D eigenvalue weighted by Crippen LogP contribution is -2.30. The van der Waals surface area contributed by atoms with E-state index in [1.165, 1.54) is 6.07 Å². The molecular weight excluding hydrogens is 483 g/mol. The first-order valence-electron chi connectivity index (χ1n) is 11.6. The molecule has 0 radical (unpaired) electrons. The second-order valence-electron chi connectivity index (χ2n) is 8.74. The minimum atomic E-state index is -0.401. The molecule has 0 bridgehead atoms. The highest BCUT2D eigenvalue weighted by Gasteiger charge is 2.19. The monoisotopic (exact) mass is 510 g/mol. The Hall–Kier alpha value is -3.73. The van der Waals surface area contributed by atoms with E-state index < -0.39 is 5.82 Å². The number of thioether (sulfide) groups is 1. The fourth-order valence-corrected chi connectivity index (χ4v) is 4.52. The van der Waals surface area contributed by atoms with Gasteiger partial charge in [-0.15, -0.1) is 10.2 Å². The Balaban J connectivity index is 1.71. The molecule has 0 aliphatic rings. The van der Waals surface area contributed by atoms with Crippen molar-refractivity contribution in [1.82, 2.24) is 24.5 Å². The van der Waals surface area contributed by atoms with Gasteiger partial charge in [0.25, 0.3) is 11.5 Å². The van der Waals surface area contributed by atoms with Crippen molar-refractivity contribution in [2.75, 3.05) is 11.1 Å². The van der Waals surface area contributed by atoms with Crippen LogP contribution in [0.4, 0.5) is 10.1 Å². The summed E-state index contributed by atoms with van der Waals surface area (Å²) in [7, 11) is 0. The predicted octanol–water partition coefficient (Wildman–Crippen LogP) is 3.77. The van der Waals surface area contributed by atoms with E-state index in [0.717, 1.165) is 11.8 Å². The number of aryl methyl sites for hydroxylation is 2. The Bertz CT molecular complexity index is 1530. The third-order valence-electron chi connectivity index (χ3n) is 5.49. The standard InChI is InChI=1S/C25H27FN6O3S/c1-5-10-31-23(35)18-9-7-16(22(34)27-14(2)3)11-20(18)32-24(31)29-30-25(32)36-13-21(33)28-17-8-6-15(4)19(26)12-17/h6-9,11-12,14H,5,10,13H2,1-4H3,(H,27,34)(H,28,33). The molecule has 0 saturated carbocycles. The number of nitrogens with zero attached hydrogens (tertiary/aromatic N) is 4. The van der Waals surface area contributed by atoms with E-state index in [2.05, 4.69) is 20.8 Å². The van der Waals surface area contributed by atoms with Gasteiger partial charge in [0, 0.05) is 23.8 Å². The maximum Gasteiger partial charge on any atom is 0.262 e. The third-order valence-corrected chi connectivity index (χ3v) is 6.42. The van der Waals surface area contributed by atoms with Gasteiger partial charge >= 0.3 is 0 Å². The zero-order valence-electron chi connectivity index (χ0n) is 20.5. The number of hydrogen-bond acceptors (Lipinski definition) is 6. The van der Waals surface area contributed by atoms with Gasteiger partial charge < -0.3 is 10.6 Å². The summed E-state index contributed by atoms with van der Waals surface area (Å²) >= 11 is 1.13. The van der Waals surface area contributed by atoms with Gasteiger partial charge in [-0.1, -0.05) is 24.8 Å². The first kappa shape index (κ1) is 25.4. The Morgan fingerprint density at radius 3 is 2.61 bits per heavy atom. The maximum absolute atomic E-state index is 13.8. The number of hydrogen-bond donors (Lipinski definition) is 2. The Labute approximate surface area is 211 Å². The zero-order chi connectivity index (χ0) is 26.0. The average molecular weight is 511 g/mol. The van der Waals surface area contributed by atoms with E-state index in [1.54, 1.807) is 46.2 Å². The second-order valence-corrected chi connectivity index (χ2v) is 9.68. The van der Waals surface area contributed by atoms with Crippen LogP contribution >= 0.6 is 11.8 Å². The molecule has 2 amide bonds. The van der Waals surface area contributed by atoms with Gasteiger partial charge in [-0.2, -0.15) is 0 Å². The lowest BCUT2D eigenvalue weighted by Gasteiger charge is -2.13. The van der Waals surface area contributed by atoms with E-state index in [-0.39, 0.29) is 29.2 Å². The van der Waals surface area contributed by atoms with Crippen LogP contribution in [0.5, 0.6) is 0 Å². The van der Waals surface area contributed by atoms with Crippen molar-refractivity contribution in [2.45, 2.75) is 51.9 Å². The Morgan fingerprint density at radius 1 is 1.14 bits per heavy atom. The molecule has 11 heteroatoms. The van der Waals surface area contributed by atoms with Crippen LogP contribution in [0.25, 0.3) is 16.7 Å². The number of nitrogens with one attached hydrogen (secondary N) is 2. The number of carbonyl (C=O) groups excluding carboxylic acids is 2. The number of fused-ring (bicyclic) bond motifs is 3. The smallest absolute Gasteiger partial charge is 0.262 e. The molecule has 2 aromatic heterocycles. The lowest BCUT2D eigenvalue weighted by molar-refractivity contribution is -0.113. The number of carbonyl (C=O) groups is 2. The highest BCUT2D eigenvalue weighted by molar-refractivity contribution is 7.99. The normalized spacial score (nSPS) is 11.4. The summed E-state index contributed by atoms with van der Waals surface area (Å²) in [5.74, 6) is -0.688. The number of aromatic nitrogens is 4. The molecule has 0 saturated heterocycles. The summed E-state index contributed by atoms with van der Waals surface area (Å²) in [5.41, 5.74) is 1.50. The largest absolute Gasteiger partial charge is 0.350 e. The number of benzene rings is 2. The molecule has 0 fully saturated rings. The molecule has 0 aliphatic heterocycles. The van der Waals surface area contributed by atoms with Crippen LogP contribution in [0.15, 0.2) is 46.3 Å². The van der Waals surface area contributed by atoms with Gasteiger partial charge in [-0.05, 0) is 63.1 Å². The van der Waals surface area contributed by atoms with Crippen molar-refractivity contribution in [3.05, 3.63) is 63.7 Å². The zero-order valence-corrected chi connectivity index (χ0v) is 21.3. The van der Waals surface area contributed by atoms with Crippen LogP contribution < -0.4 is 16.2 Å². The molecule has 188 valence electrons. The van der Waals surface area contributed by atoms with Crippen LogP contribution in [0.2, 0.25) is 0 Å². The van der Waals surface area contributed by atoms with Crippen molar-refractivity contribution in [2.24, 2.45) is 0 Å². The highest BCUT2D eigenvalue weighted by atomic mass is 32.2. The fourth-order valence-electron chi connectivity index (χ4n) is 3.78. The summed E-state index contributed by atoms with van der Waals surface area (Å²) in [6, 6.07) is 9.34. The van der Waals surface area contributed by atoms with Crippen molar-refractivity contribution < 1.29 is 14.0 Å².